The minimum atomic E-state index is -0.978. The summed E-state index contributed by atoms with van der Waals surface area (Å²) >= 11 is 0. The minimum absolute atomic E-state index is 0.301. The van der Waals surface area contributed by atoms with Gasteiger partial charge in [-0.05, 0) is 24.6 Å². The predicted molar refractivity (Wildman–Crippen MR) is 64.6 cm³/mol. The number of aromatic amines is 1. The first-order chi connectivity index (χ1) is 9.02. The predicted octanol–water partition coefficient (Wildman–Crippen LogP) is 2.93. The summed E-state index contributed by atoms with van der Waals surface area (Å²) in [5.41, 5.74) is 0.867. The number of imidazole rings is 1. The van der Waals surface area contributed by atoms with Gasteiger partial charge in [-0.2, -0.15) is 0 Å². The summed E-state index contributed by atoms with van der Waals surface area (Å²) in [6.45, 7) is 1.73. The molecule has 1 heterocycles. The Kier molecular flexibility index (Phi) is 3.59. The van der Waals surface area contributed by atoms with Crippen LogP contribution in [0.2, 0.25) is 0 Å². The van der Waals surface area contributed by atoms with Crippen molar-refractivity contribution >= 4 is 5.97 Å². The topological polar surface area (TPSA) is 66.0 Å². The number of H-pyrrole nitrogens is 1. The first-order valence-corrected chi connectivity index (χ1v) is 5.76. The standard InChI is InChI=1S/C13H12F2N2O2/c1-2-8(13(18)19)12-16-6-11(17-12)7-3-4-9(14)10(15)5-7/h3-6,8H,2H2,1H3,(H,16,17)(H,18,19). The van der Waals surface area contributed by atoms with Gasteiger partial charge in [0.2, 0.25) is 0 Å². The molecule has 0 spiro atoms. The molecule has 6 heteroatoms. The van der Waals surface area contributed by atoms with Crippen molar-refractivity contribution < 1.29 is 18.7 Å². The summed E-state index contributed by atoms with van der Waals surface area (Å²) in [5.74, 6) is -3.30. The molecule has 2 aromatic rings. The Hall–Kier alpha value is -2.24. The van der Waals surface area contributed by atoms with E-state index in [0.717, 1.165) is 12.1 Å². The van der Waals surface area contributed by atoms with Crippen molar-refractivity contribution in [2.24, 2.45) is 0 Å². The van der Waals surface area contributed by atoms with E-state index in [0.29, 0.717) is 23.5 Å². The third-order valence-corrected chi connectivity index (χ3v) is 2.86. The van der Waals surface area contributed by atoms with Crippen LogP contribution in [0.1, 0.15) is 25.1 Å². The fraction of sp³-hybridized carbons (Fsp3) is 0.231. The maximum atomic E-state index is 13.1. The minimum Gasteiger partial charge on any atom is -0.481 e. The van der Waals surface area contributed by atoms with Crippen LogP contribution in [-0.2, 0) is 4.79 Å². The first-order valence-electron chi connectivity index (χ1n) is 5.76. The van der Waals surface area contributed by atoms with Crippen molar-refractivity contribution in [1.29, 1.82) is 0 Å². The normalized spacial score (nSPS) is 12.4. The molecule has 0 saturated heterocycles. The summed E-state index contributed by atoms with van der Waals surface area (Å²) in [4.78, 5) is 17.8. The van der Waals surface area contributed by atoms with Crippen LogP contribution in [-0.4, -0.2) is 21.0 Å². The van der Waals surface area contributed by atoms with Gasteiger partial charge in [0.05, 0.1) is 11.9 Å². The Balaban J connectivity index is 2.35. The maximum Gasteiger partial charge on any atom is 0.314 e. The molecule has 0 aliphatic heterocycles. The summed E-state index contributed by atoms with van der Waals surface area (Å²) in [6.07, 6.45) is 1.80. The Morgan fingerprint density at radius 2 is 2.16 bits per heavy atom. The maximum absolute atomic E-state index is 13.1. The van der Waals surface area contributed by atoms with Crippen molar-refractivity contribution in [1.82, 2.24) is 9.97 Å². The summed E-state index contributed by atoms with van der Waals surface area (Å²) in [5, 5.41) is 9.02. The van der Waals surface area contributed by atoms with E-state index < -0.39 is 23.5 Å². The molecule has 0 amide bonds. The third-order valence-electron chi connectivity index (χ3n) is 2.86. The van der Waals surface area contributed by atoms with Crippen LogP contribution in [0.5, 0.6) is 0 Å². The van der Waals surface area contributed by atoms with E-state index in [-0.39, 0.29) is 0 Å². The van der Waals surface area contributed by atoms with Crippen LogP contribution in [0.3, 0.4) is 0 Å². The molecule has 2 rings (SSSR count). The molecule has 0 fully saturated rings. The molecule has 0 aliphatic rings. The van der Waals surface area contributed by atoms with Gasteiger partial charge in [-0.15, -0.1) is 0 Å². The zero-order valence-corrected chi connectivity index (χ0v) is 10.2. The van der Waals surface area contributed by atoms with Gasteiger partial charge in [-0.1, -0.05) is 6.92 Å². The molecule has 100 valence electrons. The molecule has 1 unspecified atom stereocenters. The smallest absolute Gasteiger partial charge is 0.314 e. The Morgan fingerprint density at radius 1 is 1.42 bits per heavy atom. The molecule has 0 saturated carbocycles. The molecule has 0 aliphatic carbocycles. The van der Waals surface area contributed by atoms with Crippen molar-refractivity contribution in [2.75, 3.05) is 0 Å². The highest BCUT2D eigenvalue weighted by Crippen LogP contribution is 2.23. The average Bonchev–Trinajstić information content (AvgIpc) is 2.82. The molecular weight excluding hydrogens is 254 g/mol. The second-order valence-corrected chi connectivity index (χ2v) is 4.11. The van der Waals surface area contributed by atoms with E-state index in [2.05, 4.69) is 9.97 Å². The summed E-state index contributed by atoms with van der Waals surface area (Å²) in [7, 11) is 0. The first kappa shape index (κ1) is 13.2. The van der Waals surface area contributed by atoms with E-state index in [1.165, 1.54) is 12.3 Å². The number of nitrogens with zero attached hydrogens (tertiary/aromatic N) is 1. The lowest BCUT2D eigenvalue weighted by Gasteiger charge is -2.05. The molecule has 1 atom stereocenters. The summed E-state index contributed by atoms with van der Waals surface area (Å²) in [6, 6.07) is 3.45. The fourth-order valence-corrected chi connectivity index (χ4v) is 1.81. The molecule has 1 aromatic carbocycles. The van der Waals surface area contributed by atoms with Crippen LogP contribution in [0.15, 0.2) is 24.4 Å². The highest BCUT2D eigenvalue weighted by atomic mass is 19.2. The monoisotopic (exact) mass is 266 g/mol. The van der Waals surface area contributed by atoms with E-state index >= 15 is 0 Å². The van der Waals surface area contributed by atoms with Gasteiger partial charge >= 0.3 is 5.97 Å². The van der Waals surface area contributed by atoms with Crippen LogP contribution in [0.25, 0.3) is 11.3 Å². The van der Waals surface area contributed by atoms with E-state index in [4.69, 9.17) is 5.11 Å². The van der Waals surface area contributed by atoms with E-state index in [9.17, 15) is 13.6 Å². The van der Waals surface area contributed by atoms with Gasteiger partial charge < -0.3 is 10.1 Å². The molecule has 0 bridgehead atoms. The molecule has 4 nitrogen and oxygen atoms in total. The second-order valence-electron chi connectivity index (χ2n) is 4.11. The van der Waals surface area contributed by atoms with Gasteiger partial charge in [0.25, 0.3) is 0 Å². The van der Waals surface area contributed by atoms with Gasteiger partial charge in [-0.3, -0.25) is 4.79 Å². The second kappa shape index (κ2) is 5.17. The van der Waals surface area contributed by atoms with E-state index in [1.807, 2.05) is 0 Å². The lowest BCUT2D eigenvalue weighted by atomic mass is 10.1. The number of nitrogens with one attached hydrogen (secondary N) is 1. The number of carboxylic acid groups (broad SMARTS) is 1. The van der Waals surface area contributed by atoms with E-state index in [1.54, 1.807) is 6.92 Å². The van der Waals surface area contributed by atoms with Gasteiger partial charge in [0.15, 0.2) is 11.6 Å². The molecule has 19 heavy (non-hydrogen) atoms. The Bertz CT molecular complexity index is 610. The third kappa shape index (κ3) is 2.62. The van der Waals surface area contributed by atoms with Crippen LogP contribution in [0, 0.1) is 11.6 Å². The number of aliphatic carboxylic acids is 1. The number of halogens is 2. The quantitative estimate of drug-likeness (QED) is 0.894. The number of hydrogen-bond donors (Lipinski definition) is 2. The zero-order chi connectivity index (χ0) is 14.0. The van der Waals surface area contributed by atoms with Crippen molar-refractivity contribution in [3.05, 3.63) is 41.9 Å². The number of carboxylic acids is 1. The van der Waals surface area contributed by atoms with Crippen LogP contribution < -0.4 is 0 Å². The number of hydrogen-bond acceptors (Lipinski definition) is 2. The van der Waals surface area contributed by atoms with Crippen molar-refractivity contribution in [2.45, 2.75) is 19.3 Å². The highest BCUT2D eigenvalue weighted by molar-refractivity contribution is 5.75. The SMILES string of the molecule is CCC(C(=O)O)c1ncc(-c2ccc(F)c(F)c2)[nH]1. The van der Waals surface area contributed by atoms with Gasteiger partial charge in [-0.25, -0.2) is 13.8 Å². The van der Waals surface area contributed by atoms with Crippen LogP contribution in [0.4, 0.5) is 8.78 Å². The van der Waals surface area contributed by atoms with Crippen molar-refractivity contribution in [3.8, 4) is 11.3 Å². The molecular formula is C13H12F2N2O2. The average molecular weight is 266 g/mol. The van der Waals surface area contributed by atoms with Gasteiger partial charge in [0.1, 0.15) is 11.7 Å². The number of aromatic nitrogens is 2. The largest absolute Gasteiger partial charge is 0.481 e. The number of benzene rings is 1. The van der Waals surface area contributed by atoms with Gasteiger partial charge in [0, 0.05) is 5.56 Å². The Morgan fingerprint density at radius 3 is 2.74 bits per heavy atom. The van der Waals surface area contributed by atoms with Crippen LogP contribution >= 0.6 is 0 Å². The summed E-state index contributed by atoms with van der Waals surface area (Å²) < 4.78 is 26.0. The number of carbonyl (C=O) groups is 1. The molecule has 0 radical (unpaired) electrons. The lowest BCUT2D eigenvalue weighted by Crippen LogP contribution is -2.11. The fourth-order valence-electron chi connectivity index (χ4n) is 1.81. The highest BCUT2D eigenvalue weighted by Gasteiger charge is 2.21. The lowest BCUT2D eigenvalue weighted by molar-refractivity contribution is -0.139. The molecule has 1 aromatic heterocycles. The van der Waals surface area contributed by atoms with Crippen molar-refractivity contribution in [3.63, 3.8) is 0 Å². The zero-order valence-electron chi connectivity index (χ0n) is 10.2. The molecule has 2 N–H and O–H groups in total. The number of rotatable bonds is 4. The Labute approximate surface area is 108 Å².